The van der Waals surface area contributed by atoms with Crippen LogP contribution in [0.2, 0.25) is 0 Å². The molecular weight excluding hydrogens is 403 g/mol. The van der Waals surface area contributed by atoms with Gasteiger partial charge in [-0.05, 0) is 25.0 Å². The lowest BCUT2D eigenvalue weighted by molar-refractivity contribution is -0.658. The van der Waals surface area contributed by atoms with Crippen molar-refractivity contribution >= 4 is 13.5 Å². The molecule has 2 aliphatic rings. The third kappa shape index (κ3) is 3.97. The summed E-state index contributed by atoms with van der Waals surface area (Å²) in [6.07, 6.45) is 3.20. The van der Waals surface area contributed by atoms with Crippen LogP contribution in [0.15, 0.2) is 48.5 Å². The average Bonchev–Trinajstić information content (AvgIpc) is 3.47. The summed E-state index contributed by atoms with van der Waals surface area (Å²) in [6.45, 7) is 1.51. The Labute approximate surface area is 176 Å². The molecule has 0 bridgehead atoms. The summed E-state index contributed by atoms with van der Waals surface area (Å²) in [5.41, 5.74) is 1.20. The smallest absolute Gasteiger partial charge is 0.401 e. The Morgan fingerprint density at radius 1 is 1.10 bits per heavy atom. The highest BCUT2D eigenvalue weighted by atomic mass is 31.2. The number of aromatic hydroxyl groups is 1. The van der Waals surface area contributed by atoms with Crippen molar-refractivity contribution in [3.63, 3.8) is 0 Å². The molecule has 2 aromatic carbocycles. The molecule has 0 saturated carbocycles. The Kier molecular flexibility index (Phi) is 6.14. The van der Waals surface area contributed by atoms with Gasteiger partial charge >= 0.3 is 7.60 Å². The van der Waals surface area contributed by atoms with E-state index in [9.17, 15) is 14.5 Å². The van der Waals surface area contributed by atoms with Crippen molar-refractivity contribution in [1.82, 2.24) is 4.90 Å². The Hall–Kier alpha value is -2.34. The van der Waals surface area contributed by atoms with Crippen LogP contribution in [-0.2, 0) is 13.9 Å². The lowest BCUT2D eigenvalue weighted by Crippen LogP contribution is -2.89. The van der Waals surface area contributed by atoms with E-state index in [1.54, 1.807) is 41.3 Å². The fourth-order valence-electron chi connectivity index (χ4n) is 4.37. The van der Waals surface area contributed by atoms with E-state index in [4.69, 9.17) is 9.05 Å². The number of rotatable bonds is 6. The molecule has 0 aliphatic carbocycles. The fourth-order valence-corrected chi connectivity index (χ4v) is 6.32. The summed E-state index contributed by atoms with van der Waals surface area (Å²) in [5, 5.41) is 12.3. The topological polar surface area (TPSA) is 92.7 Å². The molecule has 3 N–H and O–H groups in total. The van der Waals surface area contributed by atoms with Crippen LogP contribution in [0.1, 0.15) is 25.7 Å². The van der Waals surface area contributed by atoms with Crippen LogP contribution in [0.4, 0.5) is 0 Å². The zero-order chi connectivity index (χ0) is 21.1. The van der Waals surface area contributed by atoms with Gasteiger partial charge in [-0.3, -0.25) is 4.79 Å². The molecule has 2 saturated heterocycles. The highest BCUT2D eigenvalue weighted by molar-refractivity contribution is 7.55. The number of hydrogen-bond acceptors (Lipinski definition) is 5. The average molecular weight is 431 g/mol. The number of carbonyl (C=O) groups is 1. The molecule has 30 heavy (non-hydrogen) atoms. The zero-order valence-corrected chi connectivity index (χ0v) is 18.0. The molecule has 2 unspecified atom stereocenters. The van der Waals surface area contributed by atoms with E-state index in [1.807, 2.05) is 12.1 Å². The van der Waals surface area contributed by atoms with Crippen molar-refractivity contribution in [2.75, 3.05) is 20.2 Å². The molecule has 4 rings (SSSR count). The molecule has 3 atom stereocenters. The van der Waals surface area contributed by atoms with Crippen LogP contribution in [0.25, 0.3) is 11.1 Å². The Morgan fingerprint density at radius 3 is 2.53 bits per heavy atom. The number of hydrogen-bond donors (Lipinski definition) is 2. The molecule has 0 radical (unpaired) electrons. The number of carbonyl (C=O) groups excluding carboxylic acids is 1. The number of amides is 1. The molecule has 2 fully saturated rings. The molecule has 0 spiro atoms. The monoisotopic (exact) mass is 431 g/mol. The first kappa shape index (κ1) is 20.9. The van der Waals surface area contributed by atoms with Crippen molar-refractivity contribution in [2.45, 2.75) is 37.5 Å². The minimum atomic E-state index is -3.67. The fraction of sp³-hybridized carbons (Fsp3) is 0.409. The second-order valence-electron chi connectivity index (χ2n) is 7.75. The lowest BCUT2D eigenvalue weighted by Gasteiger charge is -2.31. The number of quaternary nitrogens is 1. The summed E-state index contributed by atoms with van der Waals surface area (Å²) in [6, 6.07) is 13.9. The normalized spacial score (nSPS) is 23.3. The van der Waals surface area contributed by atoms with Gasteiger partial charge in [-0.2, -0.15) is 0 Å². The molecule has 8 heteroatoms. The van der Waals surface area contributed by atoms with Gasteiger partial charge in [-0.15, -0.1) is 0 Å². The second kappa shape index (κ2) is 8.80. The highest BCUT2D eigenvalue weighted by Gasteiger charge is 2.48. The number of phenols is 1. The van der Waals surface area contributed by atoms with Crippen LogP contribution in [-0.4, -0.2) is 47.9 Å². The number of nitrogens with two attached hydrogens (primary N) is 1. The molecule has 2 aromatic rings. The maximum absolute atomic E-state index is 13.8. The van der Waals surface area contributed by atoms with Gasteiger partial charge in [-0.25, -0.2) is 4.57 Å². The lowest BCUT2D eigenvalue weighted by atomic mass is 10.0. The van der Waals surface area contributed by atoms with Crippen molar-refractivity contribution in [3.8, 4) is 22.6 Å². The van der Waals surface area contributed by atoms with Crippen molar-refractivity contribution in [2.24, 2.45) is 0 Å². The Balaban J connectivity index is 1.64. The summed E-state index contributed by atoms with van der Waals surface area (Å²) in [4.78, 5) is 14.7. The van der Waals surface area contributed by atoms with E-state index in [2.05, 4.69) is 5.32 Å². The predicted molar refractivity (Wildman–Crippen MR) is 113 cm³/mol. The van der Waals surface area contributed by atoms with Gasteiger partial charge in [0.25, 0.3) is 5.91 Å². The van der Waals surface area contributed by atoms with Gasteiger partial charge in [0.15, 0.2) is 6.04 Å². The number of benzene rings is 2. The summed E-state index contributed by atoms with van der Waals surface area (Å²) < 4.78 is 25.3. The molecule has 2 heterocycles. The van der Waals surface area contributed by atoms with E-state index in [1.165, 1.54) is 7.11 Å². The molecule has 7 nitrogen and oxygen atoms in total. The minimum Gasteiger partial charge on any atom is -0.507 e. The quantitative estimate of drug-likeness (QED) is 0.686. The Bertz CT molecular complexity index is 960. The maximum Gasteiger partial charge on any atom is 0.401 e. The zero-order valence-electron chi connectivity index (χ0n) is 17.1. The van der Waals surface area contributed by atoms with Crippen LogP contribution in [0, 0.1) is 0 Å². The molecular formula is C22H28N2O5P+. The van der Waals surface area contributed by atoms with E-state index in [-0.39, 0.29) is 17.7 Å². The van der Waals surface area contributed by atoms with Gasteiger partial charge in [-0.1, -0.05) is 36.4 Å². The highest BCUT2D eigenvalue weighted by Crippen LogP contribution is 2.58. The van der Waals surface area contributed by atoms with Gasteiger partial charge in [0.1, 0.15) is 17.3 Å². The number of para-hydroxylation sites is 2. The van der Waals surface area contributed by atoms with Crippen LogP contribution in [0.5, 0.6) is 11.5 Å². The van der Waals surface area contributed by atoms with Crippen molar-refractivity contribution in [1.29, 1.82) is 0 Å². The molecule has 2 aliphatic heterocycles. The first-order valence-corrected chi connectivity index (χ1v) is 12.0. The predicted octanol–water partition coefficient (Wildman–Crippen LogP) is 2.95. The van der Waals surface area contributed by atoms with Gasteiger partial charge in [0.05, 0.1) is 6.54 Å². The Morgan fingerprint density at radius 2 is 1.83 bits per heavy atom. The van der Waals surface area contributed by atoms with E-state index in [0.29, 0.717) is 29.8 Å². The summed E-state index contributed by atoms with van der Waals surface area (Å²) in [7, 11) is -2.31. The van der Waals surface area contributed by atoms with Crippen LogP contribution >= 0.6 is 7.60 Å². The van der Waals surface area contributed by atoms with Crippen LogP contribution in [0.3, 0.4) is 0 Å². The molecule has 160 valence electrons. The largest absolute Gasteiger partial charge is 0.507 e. The number of phenolic OH excluding ortho intramolecular Hbond substituents is 1. The number of nitrogens with zero attached hydrogens (tertiary/aromatic N) is 1. The first-order chi connectivity index (χ1) is 14.5. The number of likely N-dealkylation sites (tertiary alicyclic amines) is 1. The third-order valence-electron chi connectivity index (χ3n) is 5.92. The minimum absolute atomic E-state index is 0.0184. The first-order valence-electron chi connectivity index (χ1n) is 10.4. The third-order valence-corrected chi connectivity index (χ3v) is 8.15. The molecule has 1 amide bonds. The second-order valence-corrected chi connectivity index (χ2v) is 9.98. The van der Waals surface area contributed by atoms with Gasteiger partial charge in [0, 0.05) is 37.6 Å². The standard InChI is InChI=1S/C22H27N2O5P/c1-28-30(27,21-13-7-15-24(21)22(26)18-10-6-14-23-18)29-20-12-5-3-9-17(20)16-8-2-4-11-19(16)25/h2-5,8-9,11-12,18,21,23,25H,6-7,10,13-15H2,1H3/p+1/t18-,21?,30?/m0/s1. The van der Waals surface area contributed by atoms with E-state index in [0.717, 1.165) is 25.8 Å². The van der Waals surface area contributed by atoms with Gasteiger partial charge < -0.3 is 24.4 Å². The van der Waals surface area contributed by atoms with Crippen molar-refractivity contribution < 1.29 is 28.8 Å². The van der Waals surface area contributed by atoms with E-state index < -0.39 is 13.4 Å². The van der Waals surface area contributed by atoms with E-state index >= 15 is 0 Å². The summed E-state index contributed by atoms with van der Waals surface area (Å²) >= 11 is 0. The maximum atomic E-state index is 13.8. The van der Waals surface area contributed by atoms with Crippen molar-refractivity contribution in [3.05, 3.63) is 48.5 Å². The van der Waals surface area contributed by atoms with Gasteiger partial charge in [0.2, 0.25) is 0 Å². The SMILES string of the molecule is COP(=O)(Oc1ccccc1-c1ccccc1O)C1CCCN1C(=O)[C@@H]1CCC[NH2+]1. The molecule has 0 aromatic heterocycles. The summed E-state index contributed by atoms with van der Waals surface area (Å²) in [5.74, 6) is -0.127. The van der Waals surface area contributed by atoms with Crippen LogP contribution < -0.4 is 9.84 Å².